The summed E-state index contributed by atoms with van der Waals surface area (Å²) >= 11 is 5.85. The van der Waals surface area contributed by atoms with Crippen molar-refractivity contribution < 1.29 is 32.6 Å². The molecule has 0 unspecified atom stereocenters. The van der Waals surface area contributed by atoms with Crippen LogP contribution in [0, 0.1) is 6.92 Å². The second kappa shape index (κ2) is 9.15. The second-order valence-electron chi connectivity index (χ2n) is 6.49. The number of carboxylic acid groups (broad SMARTS) is 1. The first-order valence-corrected chi connectivity index (χ1v) is 9.32. The number of halogens is 4. The van der Waals surface area contributed by atoms with Crippen molar-refractivity contribution in [3.63, 3.8) is 0 Å². The van der Waals surface area contributed by atoms with E-state index in [4.69, 9.17) is 16.3 Å². The number of carbonyl (C=O) groups is 2. The lowest BCUT2D eigenvalue weighted by atomic mass is 10.1. The molecule has 0 fully saturated rings. The molecule has 2 aromatic carbocycles. The largest absolute Gasteiger partial charge is 0.543 e. The van der Waals surface area contributed by atoms with Crippen molar-refractivity contribution in [2.24, 2.45) is 0 Å². The summed E-state index contributed by atoms with van der Waals surface area (Å²) in [5.74, 6) is -0.896. The number of ether oxygens (including phenoxy) is 1. The smallest absolute Gasteiger partial charge is 0.418 e. The van der Waals surface area contributed by atoms with Gasteiger partial charge in [-0.1, -0.05) is 17.7 Å². The van der Waals surface area contributed by atoms with E-state index in [9.17, 15) is 27.9 Å². The molecule has 166 valence electrons. The molecule has 3 aromatic rings. The lowest BCUT2D eigenvalue weighted by Crippen LogP contribution is -2.23. The van der Waals surface area contributed by atoms with Crippen LogP contribution in [0.15, 0.2) is 54.7 Å². The lowest BCUT2D eigenvalue weighted by molar-refractivity contribution is -0.255. The number of anilines is 2. The van der Waals surface area contributed by atoms with Gasteiger partial charge in [0.1, 0.15) is 11.5 Å². The number of pyridine rings is 1. The number of aromatic nitrogens is 1. The molecular weight excluding hydrogens is 451 g/mol. The Kier molecular flexibility index (Phi) is 6.54. The number of alkyl halides is 3. The third kappa shape index (κ3) is 5.46. The second-order valence-corrected chi connectivity index (χ2v) is 6.86. The third-order valence-corrected chi connectivity index (χ3v) is 4.56. The number of nitrogens with zero attached hydrogens (tertiary/aromatic N) is 1. The van der Waals surface area contributed by atoms with Gasteiger partial charge in [0, 0.05) is 18.0 Å². The van der Waals surface area contributed by atoms with Crippen molar-refractivity contribution in [1.29, 1.82) is 0 Å². The van der Waals surface area contributed by atoms with Crippen LogP contribution in [-0.2, 0) is 6.18 Å². The Bertz CT molecular complexity index is 1170. The monoisotopic (exact) mass is 464 g/mol. The van der Waals surface area contributed by atoms with Gasteiger partial charge >= 0.3 is 12.2 Å². The Hall–Kier alpha value is -3.79. The number of aromatic carboxylic acids is 1. The number of carboxylic acids is 1. The van der Waals surface area contributed by atoms with Gasteiger partial charge in [0.05, 0.1) is 27.9 Å². The highest BCUT2D eigenvalue weighted by Crippen LogP contribution is 2.40. The summed E-state index contributed by atoms with van der Waals surface area (Å²) in [5.41, 5.74) is -1.25. The molecule has 1 heterocycles. The van der Waals surface area contributed by atoms with Crippen LogP contribution in [0.3, 0.4) is 0 Å². The number of aryl methyl sites for hydroxylation is 1. The number of amides is 2. The van der Waals surface area contributed by atoms with E-state index in [1.165, 1.54) is 61.7 Å². The van der Waals surface area contributed by atoms with Crippen LogP contribution in [0.25, 0.3) is 0 Å². The van der Waals surface area contributed by atoms with Gasteiger partial charge in [-0.3, -0.25) is 4.98 Å². The molecule has 0 aliphatic carbocycles. The zero-order chi connectivity index (χ0) is 23.5. The van der Waals surface area contributed by atoms with Crippen molar-refractivity contribution in [2.75, 3.05) is 10.6 Å². The van der Waals surface area contributed by atoms with E-state index >= 15 is 0 Å². The van der Waals surface area contributed by atoms with Crippen LogP contribution >= 0.6 is 11.6 Å². The highest BCUT2D eigenvalue weighted by Gasteiger charge is 2.36. The van der Waals surface area contributed by atoms with E-state index in [1.54, 1.807) is 0 Å². The van der Waals surface area contributed by atoms with Gasteiger partial charge in [0.25, 0.3) is 0 Å². The van der Waals surface area contributed by atoms with Gasteiger partial charge in [0.15, 0.2) is 0 Å². The minimum Gasteiger partial charge on any atom is -0.543 e. The summed E-state index contributed by atoms with van der Waals surface area (Å²) in [5, 5.41) is 15.0. The van der Waals surface area contributed by atoms with E-state index in [2.05, 4.69) is 15.6 Å². The fourth-order valence-corrected chi connectivity index (χ4v) is 3.10. The van der Waals surface area contributed by atoms with E-state index in [-0.39, 0.29) is 22.7 Å². The molecule has 1 aromatic heterocycles. The minimum atomic E-state index is -4.66. The van der Waals surface area contributed by atoms with Crippen molar-refractivity contribution in [3.8, 4) is 11.5 Å². The van der Waals surface area contributed by atoms with Crippen LogP contribution in [0.4, 0.5) is 29.3 Å². The van der Waals surface area contributed by atoms with Gasteiger partial charge in [0.2, 0.25) is 0 Å². The molecule has 0 aliphatic heterocycles. The zero-order valence-corrected chi connectivity index (χ0v) is 17.0. The number of nitrogens with one attached hydrogen (secondary N) is 2. The first kappa shape index (κ1) is 22.9. The van der Waals surface area contributed by atoms with Crippen molar-refractivity contribution in [2.45, 2.75) is 13.1 Å². The minimum absolute atomic E-state index is 0.0648. The normalized spacial score (nSPS) is 11.0. The van der Waals surface area contributed by atoms with E-state index < -0.39 is 28.8 Å². The molecule has 0 saturated heterocycles. The van der Waals surface area contributed by atoms with Gasteiger partial charge in [-0.2, -0.15) is 13.2 Å². The van der Waals surface area contributed by atoms with Crippen LogP contribution in [-0.4, -0.2) is 17.0 Å². The average Bonchev–Trinajstić information content (AvgIpc) is 2.71. The number of hydrogen-bond donors (Lipinski definition) is 2. The Morgan fingerprint density at radius 1 is 1.03 bits per heavy atom. The summed E-state index contributed by atoms with van der Waals surface area (Å²) in [6.45, 7) is 1.27. The number of urea groups is 1. The van der Waals surface area contributed by atoms with Crippen molar-refractivity contribution in [3.05, 3.63) is 76.6 Å². The maximum absolute atomic E-state index is 13.2. The quantitative estimate of drug-likeness (QED) is 0.561. The third-order valence-electron chi connectivity index (χ3n) is 4.17. The Morgan fingerprint density at radius 2 is 1.72 bits per heavy atom. The first-order chi connectivity index (χ1) is 15.0. The van der Waals surface area contributed by atoms with Crippen LogP contribution in [0.5, 0.6) is 11.5 Å². The SMILES string of the molecule is Cc1ccc(NC(=O)Nc2ccc(Oc3ccnc(C(=O)[O-])c3)cc2)c(Cl)c1C(F)(F)F. The highest BCUT2D eigenvalue weighted by atomic mass is 35.5. The van der Waals surface area contributed by atoms with Gasteiger partial charge in [-0.15, -0.1) is 0 Å². The summed E-state index contributed by atoms with van der Waals surface area (Å²) in [6.07, 6.45) is -3.41. The summed E-state index contributed by atoms with van der Waals surface area (Å²) in [7, 11) is 0. The van der Waals surface area contributed by atoms with Crippen LogP contribution in [0.2, 0.25) is 5.02 Å². The Labute approximate surface area is 184 Å². The molecule has 0 spiro atoms. The molecule has 0 atom stereocenters. The molecule has 2 N–H and O–H groups in total. The summed E-state index contributed by atoms with van der Waals surface area (Å²) in [4.78, 5) is 26.7. The first-order valence-electron chi connectivity index (χ1n) is 8.94. The number of rotatable bonds is 5. The molecule has 3 rings (SSSR count). The van der Waals surface area contributed by atoms with E-state index in [1.807, 2.05) is 0 Å². The maximum atomic E-state index is 13.2. The summed E-state index contributed by atoms with van der Waals surface area (Å²) in [6, 6.07) is 10.3. The number of hydrogen-bond acceptors (Lipinski definition) is 5. The van der Waals surface area contributed by atoms with Gasteiger partial charge in [-0.25, -0.2) is 4.79 Å². The number of benzene rings is 2. The van der Waals surface area contributed by atoms with Gasteiger partial charge < -0.3 is 25.3 Å². The zero-order valence-electron chi connectivity index (χ0n) is 16.3. The fourth-order valence-electron chi connectivity index (χ4n) is 2.73. The molecule has 11 heteroatoms. The molecule has 0 aliphatic rings. The highest BCUT2D eigenvalue weighted by molar-refractivity contribution is 6.34. The summed E-state index contributed by atoms with van der Waals surface area (Å²) < 4.78 is 45.0. The van der Waals surface area contributed by atoms with E-state index in [0.29, 0.717) is 11.4 Å². The van der Waals surface area contributed by atoms with Crippen molar-refractivity contribution in [1.82, 2.24) is 4.98 Å². The number of carbonyl (C=O) groups excluding carboxylic acids is 2. The topological polar surface area (TPSA) is 103 Å². The van der Waals surface area contributed by atoms with Crippen molar-refractivity contribution >= 4 is 35.0 Å². The molecule has 0 radical (unpaired) electrons. The fraction of sp³-hybridized carbons (Fsp3) is 0.0952. The predicted molar refractivity (Wildman–Crippen MR) is 109 cm³/mol. The molecule has 0 bridgehead atoms. The molecule has 7 nitrogen and oxygen atoms in total. The van der Waals surface area contributed by atoms with E-state index in [0.717, 1.165) is 0 Å². The van der Waals surface area contributed by atoms with Gasteiger partial charge in [-0.05, 0) is 48.9 Å². The average molecular weight is 465 g/mol. The molecule has 0 saturated carbocycles. The Balaban J connectivity index is 1.67. The van der Waals surface area contributed by atoms with Crippen LogP contribution in [0.1, 0.15) is 21.6 Å². The molecular formula is C21H14ClF3N3O4-. The lowest BCUT2D eigenvalue weighted by Gasteiger charge is -2.16. The molecule has 32 heavy (non-hydrogen) atoms. The standard InChI is InChI=1S/C21H15ClF3N3O4/c1-11-2-7-15(18(22)17(11)21(23,24)25)28-20(31)27-12-3-5-13(6-4-12)32-14-8-9-26-16(10-14)19(29)30/h2-10H,1H3,(H,29,30)(H2,27,28,31)/p-1. The van der Waals surface area contributed by atoms with Crippen LogP contribution < -0.4 is 20.5 Å². The molecule has 2 amide bonds. The predicted octanol–water partition coefficient (Wildman–Crippen LogP) is 4.86. The Morgan fingerprint density at radius 3 is 2.34 bits per heavy atom. The maximum Gasteiger partial charge on any atom is 0.418 e.